The van der Waals surface area contributed by atoms with Gasteiger partial charge in [0, 0.05) is 30.4 Å². The number of hydrogen-bond acceptors (Lipinski definition) is 3. The van der Waals surface area contributed by atoms with Crippen LogP contribution in [0.5, 0.6) is 0 Å². The number of nitrogens with zero attached hydrogens (tertiary/aromatic N) is 1. The minimum Gasteiger partial charge on any atom is -0.450 e. The lowest BCUT2D eigenvalue weighted by Crippen LogP contribution is -2.48. The number of carbonyl (C=O) groups is 2. The standard InChI is InChI=1S/C17H22ClN3O3/c1-2-24-17(23)21-11-8-14(9-12-21)20-16(22)19-10-7-13-5-3-4-6-15(13)18/h3-7,10,14H,2,8-9,11-12H2,1H3,(H2,19,20,22)/b10-7+. The molecule has 1 aliphatic heterocycles. The van der Waals surface area contributed by atoms with Gasteiger partial charge in [-0.25, -0.2) is 9.59 Å². The quantitative estimate of drug-likeness (QED) is 0.874. The van der Waals surface area contributed by atoms with Crippen LogP contribution in [0.25, 0.3) is 6.08 Å². The first-order valence-corrected chi connectivity index (χ1v) is 8.37. The van der Waals surface area contributed by atoms with E-state index < -0.39 is 0 Å². The van der Waals surface area contributed by atoms with Crippen molar-refractivity contribution in [3.8, 4) is 0 Å². The second-order valence-electron chi connectivity index (χ2n) is 5.43. The molecule has 1 fully saturated rings. The number of likely N-dealkylation sites (tertiary alicyclic amines) is 1. The number of nitrogens with one attached hydrogen (secondary N) is 2. The molecule has 0 aliphatic carbocycles. The molecule has 0 radical (unpaired) electrons. The molecule has 6 nitrogen and oxygen atoms in total. The number of rotatable bonds is 4. The largest absolute Gasteiger partial charge is 0.450 e. The van der Waals surface area contributed by atoms with E-state index in [0.717, 1.165) is 5.56 Å². The third-order valence-electron chi connectivity index (χ3n) is 3.74. The maximum absolute atomic E-state index is 11.9. The zero-order valence-electron chi connectivity index (χ0n) is 13.6. The van der Waals surface area contributed by atoms with Gasteiger partial charge in [0.25, 0.3) is 0 Å². The van der Waals surface area contributed by atoms with Gasteiger partial charge >= 0.3 is 12.1 Å². The van der Waals surface area contributed by atoms with Gasteiger partial charge in [0.05, 0.1) is 6.61 Å². The third-order valence-corrected chi connectivity index (χ3v) is 4.08. The van der Waals surface area contributed by atoms with Crippen molar-refractivity contribution in [2.75, 3.05) is 19.7 Å². The van der Waals surface area contributed by atoms with Crippen molar-refractivity contribution in [3.63, 3.8) is 0 Å². The molecule has 0 aromatic heterocycles. The lowest BCUT2D eigenvalue weighted by Gasteiger charge is -2.31. The number of hydrogen-bond donors (Lipinski definition) is 2. The summed E-state index contributed by atoms with van der Waals surface area (Å²) in [6.45, 7) is 3.32. The van der Waals surface area contributed by atoms with Gasteiger partial charge < -0.3 is 20.3 Å². The molecule has 1 aromatic rings. The predicted molar refractivity (Wildman–Crippen MR) is 93.8 cm³/mol. The number of amides is 3. The molecular weight excluding hydrogens is 330 g/mol. The van der Waals surface area contributed by atoms with E-state index in [-0.39, 0.29) is 18.2 Å². The highest BCUT2D eigenvalue weighted by Crippen LogP contribution is 2.15. The molecule has 0 unspecified atom stereocenters. The summed E-state index contributed by atoms with van der Waals surface area (Å²) in [5.74, 6) is 0. The van der Waals surface area contributed by atoms with Crippen molar-refractivity contribution < 1.29 is 14.3 Å². The number of urea groups is 1. The molecule has 2 N–H and O–H groups in total. The second-order valence-corrected chi connectivity index (χ2v) is 5.84. The van der Waals surface area contributed by atoms with Crippen LogP contribution in [0.15, 0.2) is 30.5 Å². The molecule has 7 heteroatoms. The van der Waals surface area contributed by atoms with E-state index in [1.165, 1.54) is 0 Å². The predicted octanol–water partition coefficient (Wildman–Crippen LogP) is 3.23. The van der Waals surface area contributed by atoms with Gasteiger partial charge in [-0.15, -0.1) is 0 Å². The SMILES string of the molecule is CCOC(=O)N1CCC(NC(=O)N/C=C/c2ccccc2Cl)CC1. The minimum absolute atomic E-state index is 0.0457. The maximum atomic E-state index is 11.9. The van der Waals surface area contributed by atoms with Gasteiger partial charge in [-0.3, -0.25) is 0 Å². The van der Waals surface area contributed by atoms with Crippen molar-refractivity contribution in [2.24, 2.45) is 0 Å². The van der Waals surface area contributed by atoms with Gasteiger partial charge in [0.2, 0.25) is 0 Å². The Hall–Kier alpha value is -2.21. The number of ether oxygens (including phenoxy) is 1. The smallest absolute Gasteiger partial charge is 0.409 e. The van der Waals surface area contributed by atoms with Crippen LogP contribution in [0, 0.1) is 0 Å². The second kappa shape index (κ2) is 9.17. The fourth-order valence-electron chi connectivity index (χ4n) is 2.47. The molecule has 1 aliphatic rings. The van der Waals surface area contributed by atoms with Gasteiger partial charge in [0.15, 0.2) is 0 Å². The van der Waals surface area contributed by atoms with E-state index in [4.69, 9.17) is 16.3 Å². The normalized spacial score (nSPS) is 15.3. The summed E-state index contributed by atoms with van der Waals surface area (Å²) in [6.07, 6.45) is 4.43. The first-order chi connectivity index (χ1) is 11.6. The number of benzene rings is 1. The minimum atomic E-state index is -0.289. The summed E-state index contributed by atoms with van der Waals surface area (Å²) in [5, 5.41) is 6.19. The molecule has 1 aromatic carbocycles. The van der Waals surface area contributed by atoms with Crippen LogP contribution in [-0.4, -0.2) is 42.8 Å². The number of halogens is 1. The van der Waals surface area contributed by atoms with Crippen LogP contribution in [-0.2, 0) is 4.74 Å². The Morgan fingerprint density at radius 1 is 1.33 bits per heavy atom. The summed E-state index contributed by atoms with van der Waals surface area (Å²) >= 11 is 6.03. The molecule has 3 amide bonds. The zero-order valence-corrected chi connectivity index (χ0v) is 14.4. The molecule has 1 saturated heterocycles. The van der Waals surface area contributed by atoms with Crippen molar-refractivity contribution in [3.05, 3.63) is 41.1 Å². The summed E-state index contributed by atoms with van der Waals surface area (Å²) in [7, 11) is 0. The maximum Gasteiger partial charge on any atom is 0.409 e. The summed E-state index contributed by atoms with van der Waals surface area (Å²) in [6, 6.07) is 7.16. The fraction of sp³-hybridized carbons (Fsp3) is 0.412. The lowest BCUT2D eigenvalue weighted by molar-refractivity contribution is 0.0958. The van der Waals surface area contributed by atoms with Crippen LogP contribution in [0.3, 0.4) is 0 Å². The Morgan fingerprint density at radius 3 is 2.71 bits per heavy atom. The zero-order chi connectivity index (χ0) is 17.4. The molecule has 24 heavy (non-hydrogen) atoms. The van der Waals surface area contributed by atoms with E-state index >= 15 is 0 Å². The van der Waals surface area contributed by atoms with E-state index in [0.29, 0.717) is 37.6 Å². The van der Waals surface area contributed by atoms with E-state index in [9.17, 15) is 9.59 Å². The Balaban J connectivity index is 1.72. The number of carbonyl (C=O) groups excluding carboxylic acids is 2. The van der Waals surface area contributed by atoms with Crippen molar-refractivity contribution in [1.82, 2.24) is 15.5 Å². The Bertz CT molecular complexity index is 598. The summed E-state index contributed by atoms with van der Waals surface area (Å²) < 4.78 is 4.97. The van der Waals surface area contributed by atoms with Crippen molar-refractivity contribution in [1.29, 1.82) is 0 Å². The third kappa shape index (κ3) is 5.45. The van der Waals surface area contributed by atoms with Crippen molar-refractivity contribution >= 4 is 29.8 Å². The first-order valence-electron chi connectivity index (χ1n) is 8.00. The van der Waals surface area contributed by atoms with Crippen LogP contribution in [0.4, 0.5) is 9.59 Å². The van der Waals surface area contributed by atoms with Gasteiger partial charge in [0.1, 0.15) is 0 Å². The molecule has 0 spiro atoms. The van der Waals surface area contributed by atoms with Gasteiger partial charge in [-0.2, -0.15) is 0 Å². The van der Waals surface area contributed by atoms with Gasteiger partial charge in [-0.1, -0.05) is 29.8 Å². The highest BCUT2D eigenvalue weighted by molar-refractivity contribution is 6.32. The van der Waals surface area contributed by atoms with Crippen LogP contribution in [0.2, 0.25) is 5.02 Å². The van der Waals surface area contributed by atoms with Crippen LogP contribution < -0.4 is 10.6 Å². The van der Waals surface area contributed by atoms with E-state index in [1.807, 2.05) is 18.2 Å². The van der Waals surface area contributed by atoms with Crippen LogP contribution >= 0.6 is 11.6 Å². The molecule has 0 atom stereocenters. The highest BCUT2D eigenvalue weighted by atomic mass is 35.5. The summed E-state index contributed by atoms with van der Waals surface area (Å²) in [4.78, 5) is 25.2. The average molecular weight is 352 g/mol. The van der Waals surface area contributed by atoms with E-state index in [1.54, 1.807) is 30.2 Å². The topological polar surface area (TPSA) is 70.7 Å². The lowest BCUT2D eigenvalue weighted by atomic mass is 10.1. The Kier molecular flexibility index (Phi) is 6.93. The summed E-state index contributed by atoms with van der Waals surface area (Å²) in [5.41, 5.74) is 0.835. The molecule has 1 heterocycles. The molecule has 2 rings (SSSR count). The van der Waals surface area contributed by atoms with Crippen molar-refractivity contribution in [2.45, 2.75) is 25.8 Å². The fourth-order valence-corrected chi connectivity index (χ4v) is 2.66. The van der Waals surface area contributed by atoms with Crippen LogP contribution in [0.1, 0.15) is 25.3 Å². The molecular formula is C17H22ClN3O3. The highest BCUT2D eigenvalue weighted by Gasteiger charge is 2.24. The monoisotopic (exact) mass is 351 g/mol. The van der Waals surface area contributed by atoms with Gasteiger partial charge in [-0.05, 0) is 37.5 Å². The molecule has 0 saturated carbocycles. The Labute approximate surface area is 146 Å². The molecule has 0 bridgehead atoms. The van der Waals surface area contributed by atoms with E-state index in [2.05, 4.69) is 10.6 Å². The Morgan fingerprint density at radius 2 is 2.04 bits per heavy atom. The first kappa shape index (κ1) is 18.1. The number of piperidine rings is 1. The molecule has 130 valence electrons. The average Bonchev–Trinajstić information content (AvgIpc) is 2.57.